The molecule has 64 valence electrons. The molecule has 0 spiro atoms. The Morgan fingerprint density at radius 1 is 1.58 bits per heavy atom. The average molecular weight is 185 g/mol. The van der Waals surface area contributed by atoms with Gasteiger partial charge in [0, 0.05) is 5.88 Å². The second-order valence-electron chi connectivity index (χ2n) is 2.59. The number of carboxylic acids is 1. The number of halogens is 1. The Balaban J connectivity index is 3.12. The lowest BCUT2D eigenvalue weighted by molar-refractivity contribution is 0.0696. The second kappa shape index (κ2) is 3.59. The van der Waals surface area contributed by atoms with E-state index in [2.05, 4.69) is 0 Å². The molecule has 1 aromatic carbocycles. The molecule has 2 nitrogen and oxygen atoms in total. The number of hydrogen-bond donors (Lipinski definition) is 1. The van der Waals surface area contributed by atoms with E-state index < -0.39 is 5.97 Å². The standard InChI is InChI=1S/C9H9ClO2/c1-6-4-7(5-10)2-3-8(6)9(11)12/h2-4H,5H2,1H3,(H,11,12). The van der Waals surface area contributed by atoms with E-state index in [1.165, 1.54) is 0 Å². The van der Waals surface area contributed by atoms with Gasteiger partial charge in [0.2, 0.25) is 0 Å². The van der Waals surface area contributed by atoms with Crippen LogP contribution in [0.15, 0.2) is 18.2 Å². The first-order valence-corrected chi connectivity index (χ1v) is 4.07. The molecule has 0 saturated heterocycles. The molecule has 0 saturated carbocycles. The van der Waals surface area contributed by atoms with Gasteiger partial charge >= 0.3 is 5.97 Å². The first kappa shape index (κ1) is 9.07. The summed E-state index contributed by atoms with van der Waals surface area (Å²) in [5, 5.41) is 8.70. The van der Waals surface area contributed by atoms with E-state index in [1.807, 2.05) is 0 Å². The summed E-state index contributed by atoms with van der Waals surface area (Å²) in [5.74, 6) is -0.477. The maximum atomic E-state index is 10.6. The lowest BCUT2D eigenvalue weighted by Gasteiger charge is -2.01. The number of hydrogen-bond acceptors (Lipinski definition) is 1. The molecular weight excluding hydrogens is 176 g/mol. The molecule has 0 aromatic heterocycles. The smallest absolute Gasteiger partial charge is 0.335 e. The molecule has 3 heteroatoms. The Morgan fingerprint density at radius 2 is 2.25 bits per heavy atom. The highest BCUT2D eigenvalue weighted by Gasteiger charge is 2.05. The van der Waals surface area contributed by atoms with Gasteiger partial charge in [0.25, 0.3) is 0 Å². The van der Waals surface area contributed by atoms with Crippen LogP contribution in [0.5, 0.6) is 0 Å². The molecule has 0 atom stereocenters. The zero-order chi connectivity index (χ0) is 9.14. The third-order valence-electron chi connectivity index (χ3n) is 1.68. The minimum Gasteiger partial charge on any atom is -0.478 e. The first-order valence-electron chi connectivity index (χ1n) is 3.54. The molecule has 0 fully saturated rings. The lowest BCUT2D eigenvalue weighted by Crippen LogP contribution is -1.99. The highest BCUT2D eigenvalue weighted by Crippen LogP contribution is 2.12. The molecule has 0 amide bonds. The molecule has 0 unspecified atom stereocenters. The summed E-state index contributed by atoms with van der Waals surface area (Å²) in [4.78, 5) is 10.6. The minimum atomic E-state index is -0.895. The van der Waals surface area contributed by atoms with E-state index in [-0.39, 0.29) is 0 Å². The molecule has 1 N–H and O–H groups in total. The van der Waals surface area contributed by atoms with Crippen molar-refractivity contribution in [2.45, 2.75) is 12.8 Å². The summed E-state index contributed by atoms with van der Waals surface area (Å²) < 4.78 is 0. The fourth-order valence-corrected chi connectivity index (χ4v) is 1.22. The van der Waals surface area contributed by atoms with E-state index in [0.29, 0.717) is 11.4 Å². The van der Waals surface area contributed by atoms with Gasteiger partial charge in [-0.15, -0.1) is 11.6 Å². The van der Waals surface area contributed by atoms with Crippen LogP contribution in [-0.4, -0.2) is 11.1 Å². The molecule has 12 heavy (non-hydrogen) atoms. The number of carbonyl (C=O) groups is 1. The van der Waals surface area contributed by atoms with Gasteiger partial charge in [-0.2, -0.15) is 0 Å². The van der Waals surface area contributed by atoms with E-state index in [4.69, 9.17) is 16.7 Å². The van der Waals surface area contributed by atoms with Gasteiger partial charge in [0.1, 0.15) is 0 Å². The average Bonchev–Trinajstić information content (AvgIpc) is 2.03. The van der Waals surface area contributed by atoms with Crippen LogP contribution in [0.25, 0.3) is 0 Å². The molecule has 0 aliphatic carbocycles. The summed E-state index contributed by atoms with van der Waals surface area (Å²) in [6, 6.07) is 5.09. The normalized spacial score (nSPS) is 9.83. The third-order valence-corrected chi connectivity index (χ3v) is 1.98. The van der Waals surface area contributed by atoms with Gasteiger partial charge in [-0.05, 0) is 24.1 Å². The first-order chi connectivity index (χ1) is 5.65. The number of aryl methyl sites for hydroxylation is 1. The largest absolute Gasteiger partial charge is 0.478 e. The minimum absolute atomic E-state index is 0.337. The van der Waals surface area contributed by atoms with Crippen LogP contribution in [0.3, 0.4) is 0 Å². The van der Waals surface area contributed by atoms with Crippen molar-refractivity contribution < 1.29 is 9.90 Å². The number of carboxylic acid groups (broad SMARTS) is 1. The third kappa shape index (κ3) is 1.77. The lowest BCUT2D eigenvalue weighted by atomic mass is 10.1. The van der Waals surface area contributed by atoms with E-state index in [1.54, 1.807) is 25.1 Å². The van der Waals surface area contributed by atoms with Crippen LogP contribution >= 0.6 is 11.6 Å². The van der Waals surface area contributed by atoms with Crippen molar-refractivity contribution in [2.75, 3.05) is 0 Å². The number of aromatic carboxylic acids is 1. The van der Waals surface area contributed by atoms with Crippen molar-refractivity contribution in [3.05, 3.63) is 34.9 Å². The maximum absolute atomic E-state index is 10.6. The van der Waals surface area contributed by atoms with Crippen molar-refractivity contribution in [3.63, 3.8) is 0 Å². The Labute approximate surface area is 75.8 Å². The number of benzene rings is 1. The van der Waals surface area contributed by atoms with Gasteiger partial charge in [0.05, 0.1) is 5.56 Å². The molecule has 0 heterocycles. The molecule has 0 bridgehead atoms. The summed E-state index contributed by atoms with van der Waals surface area (Å²) in [6.45, 7) is 1.76. The molecule has 1 rings (SSSR count). The Bertz CT molecular complexity index is 307. The van der Waals surface area contributed by atoms with E-state index in [9.17, 15) is 4.79 Å². The van der Waals surface area contributed by atoms with Crippen LogP contribution in [0, 0.1) is 6.92 Å². The monoisotopic (exact) mass is 184 g/mol. The van der Waals surface area contributed by atoms with Crippen LogP contribution in [0.4, 0.5) is 0 Å². The zero-order valence-electron chi connectivity index (χ0n) is 6.67. The van der Waals surface area contributed by atoms with Gasteiger partial charge < -0.3 is 5.11 Å². The predicted molar refractivity (Wildman–Crippen MR) is 47.7 cm³/mol. The molecule has 1 aromatic rings. The Morgan fingerprint density at radius 3 is 2.67 bits per heavy atom. The summed E-state index contributed by atoms with van der Waals surface area (Å²) in [6.07, 6.45) is 0. The quantitative estimate of drug-likeness (QED) is 0.717. The summed E-state index contributed by atoms with van der Waals surface area (Å²) in [7, 11) is 0. The molecular formula is C9H9ClO2. The van der Waals surface area contributed by atoms with Crippen molar-refractivity contribution in [2.24, 2.45) is 0 Å². The Hall–Kier alpha value is -1.02. The maximum Gasteiger partial charge on any atom is 0.335 e. The van der Waals surface area contributed by atoms with E-state index >= 15 is 0 Å². The van der Waals surface area contributed by atoms with Crippen molar-refractivity contribution in [1.29, 1.82) is 0 Å². The van der Waals surface area contributed by atoms with E-state index in [0.717, 1.165) is 11.1 Å². The van der Waals surface area contributed by atoms with Crippen LogP contribution < -0.4 is 0 Å². The van der Waals surface area contributed by atoms with Gasteiger partial charge in [-0.25, -0.2) is 4.79 Å². The Kier molecular flexibility index (Phi) is 2.71. The topological polar surface area (TPSA) is 37.3 Å². The predicted octanol–water partition coefficient (Wildman–Crippen LogP) is 2.43. The van der Waals surface area contributed by atoms with Crippen molar-refractivity contribution in [3.8, 4) is 0 Å². The highest BCUT2D eigenvalue weighted by atomic mass is 35.5. The summed E-state index contributed by atoms with van der Waals surface area (Å²) >= 11 is 5.58. The number of alkyl halides is 1. The molecule has 0 aliphatic rings. The van der Waals surface area contributed by atoms with Crippen LogP contribution in [-0.2, 0) is 5.88 Å². The number of rotatable bonds is 2. The fraction of sp³-hybridized carbons (Fsp3) is 0.222. The fourth-order valence-electron chi connectivity index (χ4n) is 1.05. The molecule has 0 radical (unpaired) electrons. The second-order valence-corrected chi connectivity index (χ2v) is 2.86. The van der Waals surface area contributed by atoms with Crippen molar-refractivity contribution >= 4 is 17.6 Å². The van der Waals surface area contributed by atoms with Gasteiger partial charge in [-0.1, -0.05) is 12.1 Å². The summed E-state index contributed by atoms with van der Waals surface area (Å²) in [5.41, 5.74) is 2.03. The van der Waals surface area contributed by atoms with Gasteiger partial charge in [-0.3, -0.25) is 0 Å². The molecule has 0 aliphatic heterocycles. The van der Waals surface area contributed by atoms with Crippen molar-refractivity contribution in [1.82, 2.24) is 0 Å². The van der Waals surface area contributed by atoms with Gasteiger partial charge in [0.15, 0.2) is 0 Å². The highest BCUT2D eigenvalue weighted by molar-refractivity contribution is 6.17. The zero-order valence-corrected chi connectivity index (χ0v) is 7.43. The SMILES string of the molecule is Cc1cc(CCl)ccc1C(=O)O. The van der Waals surface area contributed by atoms with Crippen LogP contribution in [0.1, 0.15) is 21.5 Å². The van der Waals surface area contributed by atoms with Crippen LogP contribution in [0.2, 0.25) is 0 Å².